The standard InChI is InChI=1S/C16H19NO4/c1-11-4-6-13(21-2)12(10-11)5-7-14(18)17-16(15(19)20)8-3-9-16/h4-7,10H,3,8-9H2,1-2H3,(H,17,18)(H,19,20)/b7-5+. The number of carbonyl (C=O) groups is 2. The number of hydrogen-bond acceptors (Lipinski definition) is 3. The molecular formula is C16H19NO4. The molecule has 112 valence electrons. The highest BCUT2D eigenvalue weighted by Crippen LogP contribution is 2.32. The van der Waals surface area contributed by atoms with Gasteiger partial charge in [0.15, 0.2) is 0 Å². The number of aryl methyl sites for hydroxylation is 1. The molecule has 0 unspecified atom stereocenters. The molecular weight excluding hydrogens is 270 g/mol. The molecule has 1 fully saturated rings. The summed E-state index contributed by atoms with van der Waals surface area (Å²) in [6.07, 6.45) is 4.77. The molecule has 2 rings (SSSR count). The van der Waals surface area contributed by atoms with Crippen molar-refractivity contribution >= 4 is 18.0 Å². The van der Waals surface area contributed by atoms with Crippen LogP contribution in [0.5, 0.6) is 5.75 Å². The maximum Gasteiger partial charge on any atom is 0.329 e. The van der Waals surface area contributed by atoms with Crippen LogP contribution in [-0.2, 0) is 9.59 Å². The van der Waals surface area contributed by atoms with Crippen molar-refractivity contribution in [3.05, 3.63) is 35.4 Å². The Morgan fingerprint density at radius 3 is 2.62 bits per heavy atom. The third kappa shape index (κ3) is 3.24. The lowest BCUT2D eigenvalue weighted by atomic mass is 9.77. The first-order chi connectivity index (χ1) is 9.97. The summed E-state index contributed by atoms with van der Waals surface area (Å²) in [5.74, 6) is -0.703. The van der Waals surface area contributed by atoms with Gasteiger partial charge in [-0.3, -0.25) is 4.79 Å². The minimum Gasteiger partial charge on any atom is -0.496 e. The molecule has 0 aromatic heterocycles. The van der Waals surface area contributed by atoms with Crippen molar-refractivity contribution in [2.24, 2.45) is 0 Å². The van der Waals surface area contributed by atoms with Gasteiger partial charge in [-0.25, -0.2) is 4.79 Å². The predicted molar refractivity (Wildman–Crippen MR) is 79.1 cm³/mol. The summed E-state index contributed by atoms with van der Waals surface area (Å²) in [7, 11) is 1.57. The lowest BCUT2D eigenvalue weighted by Crippen LogP contribution is -2.58. The summed E-state index contributed by atoms with van der Waals surface area (Å²) in [6.45, 7) is 1.95. The third-order valence-electron chi connectivity index (χ3n) is 3.78. The van der Waals surface area contributed by atoms with Gasteiger partial charge in [0.2, 0.25) is 5.91 Å². The Hall–Kier alpha value is -2.30. The van der Waals surface area contributed by atoms with E-state index in [0.29, 0.717) is 18.6 Å². The summed E-state index contributed by atoms with van der Waals surface area (Å²) in [5.41, 5.74) is 0.750. The van der Waals surface area contributed by atoms with E-state index in [0.717, 1.165) is 17.5 Å². The Morgan fingerprint density at radius 2 is 2.10 bits per heavy atom. The van der Waals surface area contributed by atoms with Crippen molar-refractivity contribution in [3.8, 4) is 5.75 Å². The Labute approximate surface area is 123 Å². The Morgan fingerprint density at radius 1 is 1.38 bits per heavy atom. The molecule has 2 N–H and O–H groups in total. The number of ether oxygens (including phenoxy) is 1. The number of carboxylic acids is 1. The molecule has 21 heavy (non-hydrogen) atoms. The molecule has 1 aliphatic rings. The topological polar surface area (TPSA) is 75.6 Å². The molecule has 0 saturated heterocycles. The first-order valence-electron chi connectivity index (χ1n) is 6.85. The van der Waals surface area contributed by atoms with Gasteiger partial charge in [-0.2, -0.15) is 0 Å². The zero-order chi connectivity index (χ0) is 15.5. The van der Waals surface area contributed by atoms with Crippen molar-refractivity contribution in [2.75, 3.05) is 7.11 Å². The average molecular weight is 289 g/mol. The molecule has 0 aliphatic heterocycles. The van der Waals surface area contributed by atoms with E-state index in [2.05, 4.69) is 5.32 Å². The normalized spacial score (nSPS) is 16.3. The molecule has 0 bridgehead atoms. The van der Waals surface area contributed by atoms with Crippen LogP contribution in [0.25, 0.3) is 6.08 Å². The molecule has 5 heteroatoms. The highest BCUT2D eigenvalue weighted by atomic mass is 16.5. The highest BCUT2D eigenvalue weighted by Gasteiger charge is 2.45. The second kappa shape index (κ2) is 5.99. The zero-order valence-corrected chi connectivity index (χ0v) is 12.2. The van der Waals surface area contributed by atoms with Gasteiger partial charge in [-0.05, 0) is 44.4 Å². The number of amides is 1. The average Bonchev–Trinajstić information content (AvgIpc) is 2.40. The van der Waals surface area contributed by atoms with Crippen LogP contribution in [0.2, 0.25) is 0 Å². The van der Waals surface area contributed by atoms with Gasteiger partial charge in [0.25, 0.3) is 0 Å². The number of methoxy groups -OCH3 is 1. The SMILES string of the molecule is COc1ccc(C)cc1/C=C/C(=O)NC1(C(=O)O)CCC1. The van der Waals surface area contributed by atoms with Gasteiger partial charge in [0.05, 0.1) is 7.11 Å². The van der Waals surface area contributed by atoms with Crippen molar-refractivity contribution in [3.63, 3.8) is 0 Å². The fourth-order valence-corrected chi connectivity index (χ4v) is 2.35. The number of nitrogens with one attached hydrogen (secondary N) is 1. The van der Waals surface area contributed by atoms with Crippen LogP contribution >= 0.6 is 0 Å². The molecule has 1 aromatic rings. The molecule has 1 aromatic carbocycles. The van der Waals surface area contributed by atoms with Crippen LogP contribution in [0, 0.1) is 6.92 Å². The van der Waals surface area contributed by atoms with Gasteiger partial charge >= 0.3 is 5.97 Å². The zero-order valence-electron chi connectivity index (χ0n) is 12.2. The van der Waals surface area contributed by atoms with Crippen LogP contribution in [0.1, 0.15) is 30.4 Å². The van der Waals surface area contributed by atoms with Crippen molar-refractivity contribution < 1.29 is 19.4 Å². The van der Waals surface area contributed by atoms with E-state index in [4.69, 9.17) is 4.74 Å². The van der Waals surface area contributed by atoms with Crippen molar-refractivity contribution in [2.45, 2.75) is 31.7 Å². The van der Waals surface area contributed by atoms with E-state index < -0.39 is 17.4 Å². The van der Waals surface area contributed by atoms with E-state index >= 15 is 0 Å². The molecule has 0 atom stereocenters. The summed E-state index contributed by atoms with van der Waals surface area (Å²) >= 11 is 0. The largest absolute Gasteiger partial charge is 0.496 e. The Bertz CT molecular complexity index is 588. The summed E-state index contributed by atoms with van der Waals surface area (Å²) in [6, 6.07) is 5.65. The molecule has 0 radical (unpaired) electrons. The van der Waals surface area contributed by atoms with Crippen LogP contribution < -0.4 is 10.1 Å². The Balaban J connectivity index is 2.09. The minimum atomic E-state index is -1.09. The monoisotopic (exact) mass is 289 g/mol. The van der Waals surface area contributed by atoms with E-state index in [1.165, 1.54) is 6.08 Å². The van der Waals surface area contributed by atoms with Crippen LogP contribution in [0.3, 0.4) is 0 Å². The summed E-state index contributed by atoms with van der Waals surface area (Å²) in [5, 5.41) is 11.8. The molecule has 1 aliphatic carbocycles. The van der Waals surface area contributed by atoms with Crippen molar-refractivity contribution in [1.29, 1.82) is 0 Å². The smallest absolute Gasteiger partial charge is 0.329 e. The molecule has 5 nitrogen and oxygen atoms in total. The fraction of sp³-hybridized carbons (Fsp3) is 0.375. The van der Waals surface area contributed by atoms with Gasteiger partial charge in [0.1, 0.15) is 11.3 Å². The third-order valence-corrected chi connectivity index (χ3v) is 3.78. The molecule has 1 saturated carbocycles. The highest BCUT2D eigenvalue weighted by molar-refractivity contribution is 5.96. The van der Waals surface area contributed by atoms with Gasteiger partial charge in [0, 0.05) is 11.6 Å². The van der Waals surface area contributed by atoms with E-state index in [9.17, 15) is 14.7 Å². The number of carboxylic acid groups (broad SMARTS) is 1. The van der Waals surface area contributed by atoms with E-state index in [1.54, 1.807) is 13.2 Å². The van der Waals surface area contributed by atoms with Gasteiger partial charge < -0.3 is 15.2 Å². The van der Waals surface area contributed by atoms with E-state index in [-0.39, 0.29) is 0 Å². The fourth-order valence-electron chi connectivity index (χ4n) is 2.35. The second-order valence-corrected chi connectivity index (χ2v) is 5.31. The van der Waals surface area contributed by atoms with Crippen LogP contribution in [0.4, 0.5) is 0 Å². The quantitative estimate of drug-likeness (QED) is 0.814. The molecule has 1 amide bonds. The van der Waals surface area contributed by atoms with Gasteiger partial charge in [-0.1, -0.05) is 11.6 Å². The van der Waals surface area contributed by atoms with Crippen LogP contribution in [-0.4, -0.2) is 29.6 Å². The summed E-state index contributed by atoms with van der Waals surface area (Å²) in [4.78, 5) is 23.1. The lowest BCUT2D eigenvalue weighted by molar-refractivity contribution is -0.151. The number of aliphatic carboxylic acids is 1. The van der Waals surface area contributed by atoms with Gasteiger partial charge in [-0.15, -0.1) is 0 Å². The number of benzene rings is 1. The lowest BCUT2D eigenvalue weighted by Gasteiger charge is -2.37. The Kier molecular flexibility index (Phi) is 4.31. The number of hydrogen-bond donors (Lipinski definition) is 2. The first-order valence-corrected chi connectivity index (χ1v) is 6.85. The first kappa shape index (κ1) is 15.1. The molecule has 0 heterocycles. The van der Waals surface area contributed by atoms with E-state index in [1.807, 2.05) is 25.1 Å². The summed E-state index contributed by atoms with van der Waals surface area (Å²) < 4.78 is 5.23. The van der Waals surface area contributed by atoms with Crippen LogP contribution in [0.15, 0.2) is 24.3 Å². The number of rotatable bonds is 5. The molecule has 0 spiro atoms. The number of carbonyl (C=O) groups excluding carboxylic acids is 1. The van der Waals surface area contributed by atoms with Crippen molar-refractivity contribution in [1.82, 2.24) is 5.32 Å². The maximum atomic E-state index is 11.9. The predicted octanol–water partition coefficient (Wildman–Crippen LogP) is 2.14. The minimum absolute atomic E-state index is 0.402. The second-order valence-electron chi connectivity index (χ2n) is 5.31. The maximum absolute atomic E-state index is 11.9.